The van der Waals surface area contributed by atoms with E-state index < -0.39 is 5.82 Å². The van der Waals surface area contributed by atoms with E-state index in [-0.39, 0.29) is 16.6 Å². The zero-order valence-electron chi connectivity index (χ0n) is 11.1. The molecule has 1 aromatic rings. The van der Waals surface area contributed by atoms with Gasteiger partial charge in [-0.3, -0.25) is 9.69 Å². The summed E-state index contributed by atoms with van der Waals surface area (Å²) in [5.74, 6) is -0.797. The smallest absolute Gasteiger partial charge is 0.257 e. The molecule has 1 saturated heterocycles. The summed E-state index contributed by atoms with van der Waals surface area (Å²) in [7, 11) is 0. The average Bonchev–Trinajstić information content (AvgIpc) is 2.41. The number of amides is 1. The number of pyridine rings is 1. The average molecular weight is 286 g/mol. The highest BCUT2D eigenvalue weighted by molar-refractivity contribution is 6.32. The Hall–Kier alpha value is -1.20. The molecule has 0 aliphatic carbocycles. The van der Waals surface area contributed by atoms with E-state index in [1.54, 1.807) is 4.90 Å². The van der Waals surface area contributed by atoms with Crippen molar-refractivity contribution in [2.45, 2.75) is 19.9 Å². The van der Waals surface area contributed by atoms with Crippen LogP contribution in [-0.2, 0) is 0 Å². The van der Waals surface area contributed by atoms with E-state index in [0.717, 1.165) is 25.4 Å². The van der Waals surface area contributed by atoms with E-state index in [1.807, 2.05) is 0 Å². The Morgan fingerprint density at radius 3 is 2.58 bits per heavy atom. The summed E-state index contributed by atoms with van der Waals surface area (Å²) in [5, 5.41) is 0.0534. The first kappa shape index (κ1) is 14.2. The number of halogens is 2. The summed E-state index contributed by atoms with van der Waals surface area (Å²) in [6.07, 6.45) is 1.01. The second-order valence-corrected chi connectivity index (χ2v) is 5.27. The second-order valence-electron chi connectivity index (χ2n) is 4.91. The summed E-state index contributed by atoms with van der Waals surface area (Å²) in [4.78, 5) is 19.9. The van der Waals surface area contributed by atoms with Crippen LogP contribution in [0.3, 0.4) is 0 Å². The molecule has 0 saturated carbocycles. The zero-order valence-corrected chi connectivity index (χ0v) is 11.8. The summed E-state index contributed by atoms with van der Waals surface area (Å²) >= 11 is 5.85. The number of rotatable bonds is 2. The third kappa shape index (κ3) is 3.22. The van der Waals surface area contributed by atoms with Crippen LogP contribution in [0.4, 0.5) is 4.39 Å². The molecular weight excluding hydrogens is 269 g/mol. The number of aromatic nitrogens is 1. The van der Waals surface area contributed by atoms with Gasteiger partial charge in [0.2, 0.25) is 0 Å². The molecule has 2 rings (SSSR count). The number of carbonyl (C=O) groups is 1. The SMILES string of the molecule is CC(C)N1CCN(C(=O)c2cc(F)cnc2Cl)CC1. The van der Waals surface area contributed by atoms with Crippen LogP contribution in [-0.4, -0.2) is 52.9 Å². The fourth-order valence-corrected chi connectivity index (χ4v) is 2.37. The van der Waals surface area contributed by atoms with Crippen LogP contribution in [0.5, 0.6) is 0 Å². The Morgan fingerprint density at radius 2 is 2.00 bits per heavy atom. The van der Waals surface area contributed by atoms with Crippen LogP contribution in [0.25, 0.3) is 0 Å². The molecule has 4 nitrogen and oxygen atoms in total. The molecule has 1 aliphatic heterocycles. The maximum atomic E-state index is 13.1. The predicted molar refractivity (Wildman–Crippen MR) is 71.8 cm³/mol. The van der Waals surface area contributed by atoms with E-state index in [9.17, 15) is 9.18 Å². The highest BCUT2D eigenvalue weighted by Gasteiger charge is 2.25. The molecule has 2 heterocycles. The topological polar surface area (TPSA) is 36.4 Å². The lowest BCUT2D eigenvalue weighted by Gasteiger charge is -2.37. The minimum absolute atomic E-state index is 0.0534. The van der Waals surface area contributed by atoms with Gasteiger partial charge in [0, 0.05) is 32.2 Å². The molecule has 104 valence electrons. The summed E-state index contributed by atoms with van der Waals surface area (Å²) in [5.41, 5.74) is 0.139. The van der Waals surface area contributed by atoms with Crippen LogP contribution < -0.4 is 0 Å². The Morgan fingerprint density at radius 1 is 1.37 bits per heavy atom. The van der Waals surface area contributed by atoms with E-state index in [4.69, 9.17) is 11.6 Å². The van der Waals surface area contributed by atoms with Crippen molar-refractivity contribution in [1.29, 1.82) is 0 Å². The van der Waals surface area contributed by atoms with Crippen molar-refractivity contribution in [2.75, 3.05) is 26.2 Å². The maximum Gasteiger partial charge on any atom is 0.257 e. The molecule has 0 atom stereocenters. The molecule has 1 amide bonds. The molecule has 0 spiro atoms. The third-order valence-corrected chi connectivity index (χ3v) is 3.67. The highest BCUT2D eigenvalue weighted by Crippen LogP contribution is 2.17. The molecule has 1 aromatic heterocycles. The van der Waals surface area contributed by atoms with E-state index in [1.165, 1.54) is 0 Å². The lowest BCUT2D eigenvalue weighted by molar-refractivity contribution is 0.0595. The molecule has 0 radical (unpaired) electrons. The molecule has 0 unspecified atom stereocenters. The van der Waals surface area contributed by atoms with Crippen molar-refractivity contribution in [2.24, 2.45) is 0 Å². The predicted octanol–water partition coefficient (Wildman–Crippen LogP) is 2.04. The first-order chi connectivity index (χ1) is 8.99. The number of hydrogen-bond acceptors (Lipinski definition) is 3. The summed E-state index contributed by atoms with van der Waals surface area (Å²) in [6.45, 7) is 7.16. The third-order valence-electron chi connectivity index (χ3n) is 3.37. The van der Waals surface area contributed by atoms with Crippen LogP contribution in [0.2, 0.25) is 5.15 Å². The van der Waals surface area contributed by atoms with Gasteiger partial charge in [-0.15, -0.1) is 0 Å². The van der Waals surface area contributed by atoms with Crippen molar-refractivity contribution >= 4 is 17.5 Å². The Kier molecular flexibility index (Phi) is 4.37. The van der Waals surface area contributed by atoms with Crippen molar-refractivity contribution in [1.82, 2.24) is 14.8 Å². The monoisotopic (exact) mass is 285 g/mol. The Balaban J connectivity index is 2.07. The van der Waals surface area contributed by atoms with Crippen LogP contribution >= 0.6 is 11.6 Å². The van der Waals surface area contributed by atoms with Gasteiger partial charge in [0.15, 0.2) is 0 Å². The number of nitrogens with zero attached hydrogens (tertiary/aromatic N) is 3. The lowest BCUT2D eigenvalue weighted by Crippen LogP contribution is -2.50. The van der Waals surface area contributed by atoms with Gasteiger partial charge in [0.05, 0.1) is 11.8 Å². The number of piperazine rings is 1. The first-order valence-electron chi connectivity index (χ1n) is 6.33. The summed E-state index contributed by atoms with van der Waals surface area (Å²) in [6, 6.07) is 1.61. The minimum atomic E-state index is -0.548. The largest absolute Gasteiger partial charge is 0.336 e. The standard InChI is InChI=1S/C13H17ClFN3O/c1-9(2)17-3-5-18(6-4-17)13(19)11-7-10(15)8-16-12(11)14/h7-9H,3-6H2,1-2H3. The van der Waals surface area contributed by atoms with Gasteiger partial charge in [0.25, 0.3) is 5.91 Å². The van der Waals surface area contributed by atoms with Crippen molar-refractivity contribution < 1.29 is 9.18 Å². The second kappa shape index (κ2) is 5.84. The van der Waals surface area contributed by atoms with Gasteiger partial charge in [-0.25, -0.2) is 9.37 Å². The van der Waals surface area contributed by atoms with Crippen LogP contribution in [0.1, 0.15) is 24.2 Å². The molecule has 1 aliphatic rings. The molecule has 0 aromatic carbocycles. The molecule has 19 heavy (non-hydrogen) atoms. The van der Waals surface area contributed by atoms with E-state index in [0.29, 0.717) is 19.1 Å². The Labute approximate surface area is 117 Å². The molecular formula is C13H17ClFN3O. The van der Waals surface area contributed by atoms with Crippen molar-refractivity contribution in [3.05, 3.63) is 28.8 Å². The van der Waals surface area contributed by atoms with Gasteiger partial charge in [-0.05, 0) is 19.9 Å². The van der Waals surface area contributed by atoms with Crippen molar-refractivity contribution in [3.63, 3.8) is 0 Å². The van der Waals surface area contributed by atoms with Gasteiger partial charge < -0.3 is 4.90 Å². The van der Waals surface area contributed by atoms with E-state index >= 15 is 0 Å². The normalized spacial score (nSPS) is 17.0. The van der Waals surface area contributed by atoms with Gasteiger partial charge in [0.1, 0.15) is 11.0 Å². The number of hydrogen-bond donors (Lipinski definition) is 0. The maximum absolute atomic E-state index is 13.1. The van der Waals surface area contributed by atoms with Gasteiger partial charge in [-0.1, -0.05) is 11.6 Å². The first-order valence-corrected chi connectivity index (χ1v) is 6.71. The molecule has 1 fully saturated rings. The minimum Gasteiger partial charge on any atom is -0.336 e. The van der Waals surface area contributed by atoms with Gasteiger partial charge >= 0.3 is 0 Å². The van der Waals surface area contributed by atoms with E-state index in [2.05, 4.69) is 23.7 Å². The van der Waals surface area contributed by atoms with Crippen LogP contribution in [0, 0.1) is 5.82 Å². The lowest BCUT2D eigenvalue weighted by atomic mass is 10.2. The fraction of sp³-hybridized carbons (Fsp3) is 0.538. The van der Waals surface area contributed by atoms with Crippen molar-refractivity contribution in [3.8, 4) is 0 Å². The summed E-state index contributed by atoms with van der Waals surface area (Å²) < 4.78 is 13.1. The molecule has 6 heteroatoms. The number of carbonyl (C=O) groups excluding carboxylic acids is 1. The zero-order chi connectivity index (χ0) is 14.0. The molecule has 0 N–H and O–H groups in total. The van der Waals surface area contributed by atoms with Gasteiger partial charge in [-0.2, -0.15) is 0 Å². The fourth-order valence-electron chi connectivity index (χ4n) is 2.18. The Bertz CT molecular complexity index is 473. The quantitative estimate of drug-likeness (QED) is 0.780. The molecule has 0 bridgehead atoms. The van der Waals surface area contributed by atoms with Crippen LogP contribution in [0.15, 0.2) is 12.3 Å². The highest BCUT2D eigenvalue weighted by atomic mass is 35.5.